The quantitative estimate of drug-likeness (QED) is 0.0201. The fourth-order valence-electron chi connectivity index (χ4n) is 6.15. The van der Waals surface area contributed by atoms with Crippen LogP contribution in [0.5, 0.6) is 0 Å². The predicted octanol–water partition coefficient (Wildman–Crippen LogP) is 15.4. The van der Waals surface area contributed by atoms with Gasteiger partial charge in [0.1, 0.15) is 13.2 Å². The molecule has 334 valence electrons. The zero-order valence-electron chi connectivity index (χ0n) is 38.0. The number of hydrogen-bond acceptors (Lipinski definition) is 6. The van der Waals surface area contributed by atoms with Crippen molar-refractivity contribution in [1.29, 1.82) is 0 Å². The predicted molar refractivity (Wildman–Crippen MR) is 251 cm³/mol. The first-order valence-electron chi connectivity index (χ1n) is 23.8. The van der Waals surface area contributed by atoms with Crippen molar-refractivity contribution < 1.29 is 28.6 Å². The van der Waals surface area contributed by atoms with Gasteiger partial charge in [-0.15, -0.1) is 0 Å². The van der Waals surface area contributed by atoms with E-state index in [4.69, 9.17) is 14.2 Å². The lowest BCUT2D eigenvalue weighted by Crippen LogP contribution is -2.30. The zero-order valence-corrected chi connectivity index (χ0v) is 38.0. The summed E-state index contributed by atoms with van der Waals surface area (Å²) < 4.78 is 16.6. The van der Waals surface area contributed by atoms with E-state index in [9.17, 15) is 14.4 Å². The standard InChI is InChI=1S/C53H86O6/c1-4-7-10-13-16-19-21-23-25-26-28-29-31-34-37-40-43-46-52(55)58-49-50(48-57-51(54)45-42-39-36-33-18-15-12-9-6-3)59-53(56)47-44-41-38-35-32-30-27-24-22-20-17-14-11-8-5-2/h8-9,11-12,14,17-18,20,22-25,27,33,39,42,50H,4-7,10,13,15-16,19,21,26,28-32,34-38,40-41,43-49H2,1-3H3/b11-8-,12-9-,17-14-,22-20-,25-23-,27-24-,33-18-,42-39-. The van der Waals surface area contributed by atoms with Crippen LogP contribution in [-0.2, 0) is 28.6 Å². The Bertz CT molecular complexity index is 1220. The van der Waals surface area contributed by atoms with Gasteiger partial charge in [0.15, 0.2) is 6.10 Å². The molecule has 0 N–H and O–H groups in total. The summed E-state index contributed by atoms with van der Waals surface area (Å²) in [4.78, 5) is 37.7. The summed E-state index contributed by atoms with van der Waals surface area (Å²) in [7, 11) is 0. The van der Waals surface area contributed by atoms with E-state index in [1.54, 1.807) is 6.08 Å². The Labute approximate surface area is 362 Å². The fourth-order valence-corrected chi connectivity index (χ4v) is 6.15. The molecule has 0 rings (SSSR count). The van der Waals surface area contributed by atoms with E-state index < -0.39 is 12.1 Å². The van der Waals surface area contributed by atoms with Gasteiger partial charge in [-0.1, -0.05) is 201 Å². The molecule has 0 aromatic carbocycles. The van der Waals surface area contributed by atoms with Crippen molar-refractivity contribution in [3.8, 4) is 0 Å². The molecule has 0 heterocycles. The van der Waals surface area contributed by atoms with E-state index in [2.05, 4.69) is 81.5 Å². The largest absolute Gasteiger partial charge is 0.462 e. The van der Waals surface area contributed by atoms with Gasteiger partial charge in [-0.3, -0.25) is 14.4 Å². The van der Waals surface area contributed by atoms with Crippen LogP contribution in [0.3, 0.4) is 0 Å². The average Bonchev–Trinajstić information content (AvgIpc) is 3.23. The van der Waals surface area contributed by atoms with Gasteiger partial charge in [-0.2, -0.15) is 0 Å². The smallest absolute Gasteiger partial charge is 0.309 e. The highest BCUT2D eigenvalue weighted by Gasteiger charge is 2.19. The summed E-state index contributed by atoms with van der Waals surface area (Å²) in [6.45, 7) is 6.24. The number of unbranched alkanes of at least 4 members (excludes halogenated alkanes) is 18. The van der Waals surface area contributed by atoms with Crippen LogP contribution in [0.25, 0.3) is 0 Å². The Morgan fingerprint density at radius 2 is 0.814 bits per heavy atom. The van der Waals surface area contributed by atoms with Crippen molar-refractivity contribution in [2.24, 2.45) is 0 Å². The molecular formula is C53H86O6. The molecule has 6 heteroatoms. The summed E-state index contributed by atoms with van der Waals surface area (Å²) in [5.74, 6) is -1.08. The van der Waals surface area contributed by atoms with E-state index in [1.807, 2.05) is 30.4 Å². The molecule has 0 fully saturated rings. The van der Waals surface area contributed by atoms with Crippen LogP contribution in [0.1, 0.15) is 201 Å². The molecule has 0 aromatic heterocycles. The lowest BCUT2D eigenvalue weighted by atomic mass is 10.1. The first kappa shape index (κ1) is 55.3. The number of rotatable bonds is 41. The number of hydrogen-bond donors (Lipinski definition) is 0. The molecule has 0 aromatic rings. The molecule has 6 nitrogen and oxygen atoms in total. The second kappa shape index (κ2) is 47.0. The van der Waals surface area contributed by atoms with Gasteiger partial charge in [-0.05, 0) is 77.0 Å². The van der Waals surface area contributed by atoms with Crippen molar-refractivity contribution in [1.82, 2.24) is 0 Å². The monoisotopic (exact) mass is 819 g/mol. The van der Waals surface area contributed by atoms with Crippen molar-refractivity contribution in [2.75, 3.05) is 13.2 Å². The highest BCUT2D eigenvalue weighted by atomic mass is 16.6. The minimum Gasteiger partial charge on any atom is -0.462 e. The first-order valence-corrected chi connectivity index (χ1v) is 23.8. The number of esters is 3. The lowest BCUT2D eigenvalue weighted by molar-refractivity contribution is -0.166. The van der Waals surface area contributed by atoms with E-state index in [0.29, 0.717) is 6.42 Å². The van der Waals surface area contributed by atoms with Crippen molar-refractivity contribution in [3.63, 3.8) is 0 Å². The van der Waals surface area contributed by atoms with Crippen LogP contribution in [0.4, 0.5) is 0 Å². The van der Waals surface area contributed by atoms with E-state index in [-0.39, 0.29) is 38.0 Å². The third-order valence-corrected chi connectivity index (χ3v) is 9.68. The van der Waals surface area contributed by atoms with E-state index in [1.165, 1.54) is 77.0 Å². The van der Waals surface area contributed by atoms with Gasteiger partial charge in [-0.25, -0.2) is 0 Å². The van der Waals surface area contributed by atoms with E-state index in [0.717, 1.165) is 83.5 Å². The molecule has 0 spiro atoms. The minimum atomic E-state index is -0.826. The molecule has 0 bridgehead atoms. The SMILES string of the molecule is CC\C=C/C=C\C=C/C=C\CCCCCCCC(=O)OC(COC(=O)C/C=C\C/C=C\C/C=C\CC)COC(=O)CCCCCCCCC/C=C\CCCCCCCC. The van der Waals surface area contributed by atoms with Crippen molar-refractivity contribution in [3.05, 3.63) is 97.2 Å². The normalized spacial score (nSPS) is 12.9. The Hall–Kier alpha value is -3.67. The number of allylic oxidation sites excluding steroid dienone is 15. The number of carbonyl (C=O) groups is 3. The number of carbonyl (C=O) groups excluding carboxylic acids is 3. The highest BCUT2D eigenvalue weighted by molar-refractivity contribution is 5.72. The Balaban J connectivity index is 4.45. The van der Waals surface area contributed by atoms with Gasteiger partial charge in [0.05, 0.1) is 6.42 Å². The molecular weight excluding hydrogens is 733 g/mol. The second-order valence-electron chi connectivity index (χ2n) is 15.4. The van der Waals surface area contributed by atoms with E-state index >= 15 is 0 Å². The fraction of sp³-hybridized carbons (Fsp3) is 0.642. The molecule has 0 aliphatic heterocycles. The van der Waals surface area contributed by atoms with Crippen molar-refractivity contribution >= 4 is 17.9 Å². The van der Waals surface area contributed by atoms with Crippen molar-refractivity contribution in [2.45, 2.75) is 207 Å². The molecule has 1 atom stereocenters. The molecule has 0 amide bonds. The maximum Gasteiger partial charge on any atom is 0.309 e. The zero-order chi connectivity index (χ0) is 43.0. The maximum atomic E-state index is 12.7. The lowest BCUT2D eigenvalue weighted by Gasteiger charge is -2.18. The summed E-state index contributed by atoms with van der Waals surface area (Å²) >= 11 is 0. The van der Waals surface area contributed by atoms with Gasteiger partial charge in [0, 0.05) is 12.8 Å². The Morgan fingerprint density at radius 1 is 0.390 bits per heavy atom. The highest BCUT2D eigenvalue weighted by Crippen LogP contribution is 2.13. The maximum absolute atomic E-state index is 12.7. The van der Waals surface area contributed by atoms with Gasteiger partial charge in [0.25, 0.3) is 0 Å². The van der Waals surface area contributed by atoms with Crippen LogP contribution in [0.15, 0.2) is 97.2 Å². The molecule has 0 saturated carbocycles. The molecule has 59 heavy (non-hydrogen) atoms. The van der Waals surface area contributed by atoms with Crippen LogP contribution in [0.2, 0.25) is 0 Å². The Morgan fingerprint density at radius 3 is 1.37 bits per heavy atom. The average molecular weight is 819 g/mol. The second-order valence-corrected chi connectivity index (χ2v) is 15.4. The van der Waals surface area contributed by atoms with Crippen LogP contribution >= 0.6 is 0 Å². The minimum absolute atomic E-state index is 0.118. The molecule has 0 radical (unpaired) electrons. The summed E-state index contributed by atoms with van der Waals surface area (Å²) in [6, 6.07) is 0. The van der Waals surface area contributed by atoms with Crippen LogP contribution < -0.4 is 0 Å². The molecule has 0 saturated heterocycles. The van der Waals surface area contributed by atoms with Gasteiger partial charge in [0.2, 0.25) is 0 Å². The number of ether oxygens (including phenoxy) is 3. The third-order valence-electron chi connectivity index (χ3n) is 9.68. The van der Waals surface area contributed by atoms with Crippen LogP contribution in [0, 0.1) is 0 Å². The molecule has 0 aliphatic rings. The Kier molecular flexibility index (Phi) is 44.1. The third kappa shape index (κ3) is 45.3. The molecule has 1 unspecified atom stereocenters. The summed E-state index contributed by atoms with van der Waals surface area (Å²) in [6.07, 6.45) is 61.4. The first-order chi connectivity index (χ1) is 29.0. The summed E-state index contributed by atoms with van der Waals surface area (Å²) in [5.41, 5.74) is 0. The van der Waals surface area contributed by atoms with Gasteiger partial charge >= 0.3 is 17.9 Å². The van der Waals surface area contributed by atoms with Crippen LogP contribution in [-0.4, -0.2) is 37.2 Å². The topological polar surface area (TPSA) is 78.9 Å². The summed E-state index contributed by atoms with van der Waals surface area (Å²) in [5, 5.41) is 0. The molecule has 0 aliphatic carbocycles. The van der Waals surface area contributed by atoms with Gasteiger partial charge < -0.3 is 14.2 Å².